The van der Waals surface area contributed by atoms with Crippen molar-refractivity contribution in [1.29, 1.82) is 0 Å². The molecule has 0 spiro atoms. The number of thiazole rings is 2. The van der Waals surface area contributed by atoms with Crippen LogP contribution in [0.5, 0.6) is 0 Å². The van der Waals surface area contributed by atoms with Gasteiger partial charge in [-0.3, -0.25) is 4.79 Å². The van der Waals surface area contributed by atoms with Crippen LogP contribution in [0.2, 0.25) is 5.02 Å². The summed E-state index contributed by atoms with van der Waals surface area (Å²) in [5.41, 5.74) is 2.91. The first-order valence-electron chi connectivity index (χ1n) is 8.64. The van der Waals surface area contributed by atoms with Gasteiger partial charge >= 0.3 is 0 Å². The van der Waals surface area contributed by atoms with E-state index < -0.39 is 0 Å². The highest BCUT2D eigenvalue weighted by Gasteiger charge is 2.11. The molecule has 0 saturated heterocycles. The summed E-state index contributed by atoms with van der Waals surface area (Å²) < 4.78 is 0. The molecule has 0 aliphatic heterocycles. The van der Waals surface area contributed by atoms with Gasteiger partial charge in [0.15, 0.2) is 5.13 Å². The Bertz CT molecular complexity index is 1090. The number of hydrogen-bond donors (Lipinski definition) is 1. The maximum absolute atomic E-state index is 12.3. The van der Waals surface area contributed by atoms with Crippen LogP contribution in [0.25, 0.3) is 10.6 Å². The minimum atomic E-state index is -0.122. The van der Waals surface area contributed by atoms with E-state index in [1.54, 1.807) is 0 Å². The largest absolute Gasteiger partial charge is 0.302 e. The van der Waals surface area contributed by atoms with E-state index in [-0.39, 0.29) is 12.3 Å². The molecule has 0 aliphatic carbocycles. The molecule has 0 aliphatic rings. The van der Waals surface area contributed by atoms with Crippen molar-refractivity contribution in [2.45, 2.75) is 12.8 Å². The molecule has 0 radical (unpaired) electrons. The molecule has 0 saturated carbocycles. The van der Waals surface area contributed by atoms with Crippen LogP contribution in [0.3, 0.4) is 0 Å². The summed E-state index contributed by atoms with van der Waals surface area (Å²) in [5.74, 6) is -0.122. The lowest BCUT2D eigenvalue weighted by Gasteiger charge is -2.00. The van der Waals surface area contributed by atoms with Gasteiger partial charge in [-0.2, -0.15) is 0 Å². The summed E-state index contributed by atoms with van der Waals surface area (Å²) in [5, 5.41) is 6.90. The van der Waals surface area contributed by atoms with Gasteiger partial charge in [-0.05, 0) is 17.7 Å². The minimum absolute atomic E-state index is 0.122. The Balaban J connectivity index is 1.36. The van der Waals surface area contributed by atoms with Crippen LogP contribution in [0.4, 0.5) is 5.13 Å². The van der Waals surface area contributed by atoms with Crippen LogP contribution < -0.4 is 5.32 Å². The maximum atomic E-state index is 12.3. The SMILES string of the molecule is O=C(Cc1csc(-c2cccc(Cl)c2)n1)Nc1ncc(Cc2ccccc2)s1. The van der Waals surface area contributed by atoms with E-state index in [2.05, 4.69) is 27.4 Å². The van der Waals surface area contributed by atoms with Crippen LogP contribution in [-0.4, -0.2) is 15.9 Å². The molecule has 0 unspecified atom stereocenters. The van der Waals surface area contributed by atoms with Crippen LogP contribution in [-0.2, 0) is 17.6 Å². The highest BCUT2D eigenvalue weighted by molar-refractivity contribution is 7.15. The predicted molar refractivity (Wildman–Crippen MR) is 116 cm³/mol. The number of nitrogens with zero attached hydrogens (tertiary/aromatic N) is 2. The number of amides is 1. The molecule has 7 heteroatoms. The molecule has 0 fully saturated rings. The zero-order chi connectivity index (χ0) is 19.3. The molecule has 0 bridgehead atoms. The first-order chi connectivity index (χ1) is 13.7. The summed E-state index contributed by atoms with van der Waals surface area (Å²) in [7, 11) is 0. The van der Waals surface area contributed by atoms with Crippen LogP contribution in [0, 0.1) is 0 Å². The Morgan fingerprint density at radius 1 is 1.11 bits per heavy atom. The molecule has 1 N–H and O–H groups in total. The molecule has 28 heavy (non-hydrogen) atoms. The molecule has 4 aromatic rings. The van der Waals surface area contributed by atoms with Gasteiger partial charge < -0.3 is 5.32 Å². The molecule has 140 valence electrons. The van der Waals surface area contributed by atoms with E-state index in [4.69, 9.17) is 11.6 Å². The van der Waals surface area contributed by atoms with Gasteiger partial charge in [0.2, 0.25) is 5.91 Å². The topological polar surface area (TPSA) is 54.9 Å². The zero-order valence-electron chi connectivity index (χ0n) is 14.8. The van der Waals surface area contributed by atoms with Gasteiger partial charge in [-0.1, -0.05) is 54.1 Å². The van der Waals surface area contributed by atoms with E-state index in [0.29, 0.717) is 10.2 Å². The monoisotopic (exact) mass is 425 g/mol. The second kappa shape index (κ2) is 8.65. The van der Waals surface area contributed by atoms with Gasteiger partial charge in [0.1, 0.15) is 5.01 Å². The van der Waals surface area contributed by atoms with E-state index in [9.17, 15) is 4.79 Å². The van der Waals surface area contributed by atoms with Crippen molar-refractivity contribution >= 4 is 45.3 Å². The van der Waals surface area contributed by atoms with Crippen LogP contribution in [0.15, 0.2) is 66.2 Å². The summed E-state index contributed by atoms with van der Waals surface area (Å²) >= 11 is 9.03. The van der Waals surface area contributed by atoms with Crippen molar-refractivity contribution in [3.8, 4) is 10.6 Å². The number of nitrogens with one attached hydrogen (secondary N) is 1. The molecule has 1 amide bonds. The van der Waals surface area contributed by atoms with Crippen molar-refractivity contribution in [3.63, 3.8) is 0 Å². The van der Waals surface area contributed by atoms with Crippen molar-refractivity contribution < 1.29 is 4.79 Å². The summed E-state index contributed by atoms with van der Waals surface area (Å²) in [6, 6.07) is 17.7. The third kappa shape index (κ3) is 4.84. The number of halogens is 1. The Morgan fingerprint density at radius 3 is 2.79 bits per heavy atom. The first kappa shape index (κ1) is 18.8. The van der Waals surface area contributed by atoms with Gasteiger partial charge in [0.05, 0.1) is 12.1 Å². The number of aromatic nitrogens is 2. The molecule has 0 atom stereocenters. The highest BCUT2D eigenvalue weighted by atomic mass is 35.5. The minimum Gasteiger partial charge on any atom is -0.302 e. The number of hydrogen-bond acceptors (Lipinski definition) is 5. The molecule has 2 aromatic heterocycles. The quantitative estimate of drug-likeness (QED) is 0.431. The fourth-order valence-electron chi connectivity index (χ4n) is 2.71. The maximum Gasteiger partial charge on any atom is 0.232 e. The lowest BCUT2D eigenvalue weighted by atomic mass is 10.1. The number of benzene rings is 2. The van der Waals surface area contributed by atoms with Crippen LogP contribution in [0.1, 0.15) is 16.1 Å². The second-order valence-electron chi connectivity index (χ2n) is 6.17. The number of carbonyl (C=O) groups excluding carboxylic acids is 1. The first-order valence-corrected chi connectivity index (χ1v) is 10.7. The average Bonchev–Trinajstić information content (AvgIpc) is 3.32. The molecule has 4 nitrogen and oxygen atoms in total. The summed E-state index contributed by atoms with van der Waals surface area (Å²) in [4.78, 5) is 22.3. The van der Waals surface area contributed by atoms with Crippen molar-refractivity contribution in [2.24, 2.45) is 0 Å². The highest BCUT2D eigenvalue weighted by Crippen LogP contribution is 2.26. The Morgan fingerprint density at radius 2 is 1.96 bits per heavy atom. The third-order valence-corrected chi connectivity index (χ3v) is 6.07. The van der Waals surface area contributed by atoms with E-state index in [0.717, 1.165) is 27.6 Å². The Labute approximate surface area is 175 Å². The molecule has 2 heterocycles. The second-order valence-corrected chi connectivity index (χ2v) is 8.58. The number of anilines is 1. The lowest BCUT2D eigenvalue weighted by molar-refractivity contribution is -0.115. The standard InChI is InChI=1S/C21H16ClN3OS2/c22-16-8-4-7-15(10-16)20-24-17(13-27-20)11-19(26)25-21-23-12-18(28-21)9-14-5-2-1-3-6-14/h1-8,10,12-13H,9,11H2,(H,23,25,26). The Hall–Kier alpha value is -2.54. The van der Waals surface area contributed by atoms with Crippen LogP contribution >= 0.6 is 34.3 Å². The smallest absolute Gasteiger partial charge is 0.232 e. The number of rotatable bonds is 6. The summed E-state index contributed by atoms with van der Waals surface area (Å²) in [6.07, 6.45) is 2.83. The third-order valence-electron chi connectivity index (χ3n) is 3.99. The Kier molecular flexibility index (Phi) is 5.81. The number of carbonyl (C=O) groups is 1. The lowest BCUT2D eigenvalue weighted by Crippen LogP contribution is -2.14. The van der Waals surface area contributed by atoms with Crippen molar-refractivity contribution in [2.75, 3.05) is 5.32 Å². The van der Waals surface area contributed by atoms with Crippen molar-refractivity contribution in [3.05, 3.63) is 87.3 Å². The van der Waals surface area contributed by atoms with Crippen molar-refractivity contribution in [1.82, 2.24) is 9.97 Å². The fraction of sp³-hybridized carbons (Fsp3) is 0.0952. The molecule has 2 aromatic carbocycles. The van der Waals surface area contributed by atoms with Gasteiger partial charge in [0, 0.05) is 33.5 Å². The average molecular weight is 426 g/mol. The predicted octanol–water partition coefficient (Wildman–Crippen LogP) is 5.69. The fourth-order valence-corrected chi connectivity index (χ4v) is 4.58. The van der Waals surface area contributed by atoms with Gasteiger partial charge in [0.25, 0.3) is 0 Å². The van der Waals surface area contributed by atoms with E-state index in [1.165, 1.54) is 28.2 Å². The summed E-state index contributed by atoms with van der Waals surface area (Å²) in [6.45, 7) is 0. The van der Waals surface area contributed by atoms with Gasteiger partial charge in [-0.25, -0.2) is 9.97 Å². The molecular weight excluding hydrogens is 410 g/mol. The zero-order valence-corrected chi connectivity index (χ0v) is 17.2. The molecule has 4 rings (SSSR count). The van der Waals surface area contributed by atoms with E-state index >= 15 is 0 Å². The van der Waals surface area contributed by atoms with E-state index in [1.807, 2.05) is 54.0 Å². The van der Waals surface area contributed by atoms with Gasteiger partial charge in [-0.15, -0.1) is 22.7 Å². The normalized spacial score (nSPS) is 10.8. The molecular formula is C21H16ClN3OS2.